The van der Waals surface area contributed by atoms with E-state index in [4.69, 9.17) is 32.7 Å². The van der Waals surface area contributed by atoms with Gasteiger partial charge in [-0.1, -0.05) is 91.1 Å². The molecule has 12 heteroatoms. The predicted octanol–water partition coefficient (Wildman–Crippen LogP) is 6.93. The van der Waals surface area contributed by atoms with Crippen molar-refractivity contribution in [1.29, 1.82) is 0 Å². The molecule has 4 aromatic rings. The molecule has 0 aromatic heterocycles. The van der Waals surface area contributed by atoms with Crippen LogP contribution in [0, 0.1) is 12.8 Å². The highest BCUT2D eigenvalue weighted by Gasteiger charge is 2.35. The summed E-state index contributed by atoms with van der Waals surface area (Å²) in [7, 11) is -1.49. The van der Waals surface area contributed by atoms with Gasteiger partial charge in [-0.15, -0.1) is 0 Å². The van der Waals surface area contributed by atoms with Crippen LogP contribution in [0.5, 0.6) is 11.5 Å². The SMILES string of the molecule is COc1ccc(S(=O)(=O)N(CC(=O)N(Cc2ccc(Cl)c(Cl)c2)[C@H](Cc2ccccc2)C(=O)NCC(C)C)c2ccc(C)cc2)cc1OC. The van der Waals surface area contributed by atoms with Gasteiger partial charge < -0.3 is 19.7 Å². The summed E-state index contributed by atoms with van der Waals surface area (Å²) in [5.74, 6) is -0.246. The minimum atomic E-state index is -4.35. The minimum absolute atomic E-state index is 0.0412. The first-order valence-electron chi connectivity index (χ1n) is 15.7. The lowest BCUT2D eigenvalue weighted by molar-refractivity contribution is -0.140. The summed E-state index contributed by atoms with van der Waals surface area (Å²) in [4.78, 5) is 29.9. The van der Waals surface area contributed by atoms with E-state index in [2.05, 4.69) is 5.32 Å². The van der Waals surface area contributed by atoms with Crippen LogP contribution in [0.25, 0.3) is 0 Å². The van der Waals surface area contributed by atoms with Gasteiger partial charge >= 0.3 is 0 Å². The first-order valence-corrected chi connectivity index (χ1v) is 17.9. The Kier molecular flexibility index (Phi) is 13.0. The van der Waals surface area contributed by atoms with E-state index >= 15 is 0 Å². The highest BCUT2D eigenvalue weighted by atomic mass is 35.5. The molecule has 0 unspecified atom stereocenters. The van der Waals surface area contributed by atoms with Gasteiger partial charge in [-0.25, -0.2) is 8.42 Å². The number of methoxy groups -OCH3 is 2. The van der Waals surface area contributed by atoms with Crippen molar-refractivity contribution in [2.75, 3.05) is 31.6 Å². The Bertz CT molecular complexity index is 1850. The third-order valence-corrected chi connectivity index (χ3v) is 10.3. The van der Waals surface area contributed by atoms with Crippen LogP contribution in [0.15, 0.2) is 95.9 Å². The van der Waals surface area contributed by atoms with E-state index in [1.165, 1.54) is 37.3 Å². The van der Waals surface area contributed by atoms with E-state index in [0.717, 1.165) is 15.4 Å². The molecule has 0 aliphatic rings. The average Bonchev–Trinajstić information content (AvgIpc) is 3.09. The van der Waals surface area contributed by atoms with Crippen molar-refractivity contribution in [3.05, 3.63) is 118 Å². The molecule has 0 heterocycles. The second-order valence-corrected chi connectivity index (χ2v) is 14.7. The molecule has 1 atom stereocenters. The standard InChI is InChI=1S/C37H41Cl2N3O6S/c1-25(2)22-40-37(44)33(20-27-9-7-6-8-10-27)41(23-28-13-17-31(38)32(39)19-28)36(43)24-42(29-14-11-26(3)12-15-29)49(45,46)30-16-18-34(47-4)35(21-30)48-5/h6-19,21,25,33H,20,22-24H2,1-5H3,(H,40,44)/t33-/m1/s1. The minimum Gasteiger partial charge on any atom is -0.493 e. The van der Waals surface area contributed by atoms with E-state index < -0.39 is 28.5 Å². The number of rotatable bonds is 15. The molecule has 1 N–H and O–H groups in total. The summed E-state index contributed by atoms with van der Waals surface area (Å²) in [5.41, 5.74) is 2.62. The van der Waals surface area contributed by atoms with Crippen LogP contribution < -0.4 is 19.1 Å². The fourth-order valence-corrected chi connectivity index (χ4v) is 6.91. The number of nitrogens with zero attached hydrogens (tertiary/aromatic N) is 2. The maximum Gasteiger partial charge on any atom is 0.264 e. The second-order valence-electron chi connectivity index (χ2n) is 12.0. The van der Waals surface area contributed by atoms with Crippen molar-refractivity contribution >= 4 is 50.7 Å². The Morgan fingerprint density at radius 3 is 2.10 bits per heavy atom. The zero-order chi connectivity index (χ0) is 35.7. The largest absolute Gasteiger partial charge is 0.493 e. The number of hydrogen-bond acceptors (Lipinski definition) is 6. The molecule has 0 saturated carbocycles. The van der Waals surface area contributed by atoms with Crippen LogP contribution in [0.2, 0.25) is 10.0 Å². The van der Waals surface area contributed by atoms with Crippen LogP contribution in [-0.2, 0) is 32.6 Å². The Hall–Kier alpha value is -4.25. The number of ether oxygens (including phenoxy) is 2. The fourth-order valence-electron chi connectivity index (χ4n) is 5.16. The summed E-state index contributed by atoms with van der Waals surface area (Å²) < 4.78 is 40.5. The van der Waals surface area contributed by atoms with Crippen LogP contribution in [0.3, 0.4) is 0 Å². The predicted molar refractivity (Wildman–Crippen MR) is 194 cm³/mol. The van der Waals surface area contributed by atoms with Gasteiger partial charge in [0.1, 0.15) is 12.6 Å². The van der Waals surface area contributed by atoms with Gasteiger partial charge in [-0.2, -0.15) is 0 Å². The van der Waals surface area contributed by atoms with Gasteiger partial charge in [0, 0.05) is 25.6 Å². The molecular weight excluding hydrogens is 685 g/mol. The van der Waals surface area contributed by atoms with E-state index in [0.29, 0.717) is 22.9 Å². The summed E-state index contributed by atoms with van der Waals surface area (Å²) in [5, 5.41) is 3.60. The van der Waals surface area contributed by atoms with Gasteiger partial charge in [0.15, 0.2) is 11.5 Å². The summed E-state index contributed by atoms with van der Waals surface area (Å²) in [6.45, 7) is 5.57. The molecule has 0 bridgehead atoms. The Morgan fingerprint density at radius 1 is 0.816 bits per heavy atom. The molecule has 0 aliphatic carbocycles. The molecule has 0 fully saturated rings. The maximum atomic E-state index is 14.7. The number of hydrogen-bond donors (Lipinski definition) is 1. The van der Waals surface area contributed by atoms with Crippen LogP contribution in [0.1, 0.15) is 30.5 Å². The summed E-state index contributed by atoms with van der Waals surface area (Å²) in [6.07, 6.45) is 0.185. The molecular formula is C37H41Cl2N3O6S. The van der Waals surface area contributed by atoms with Crippen molar-refractivity contribution in [3.63, 3.8) is 0 Å². The van der Waals surface area contributed by atoms with Gasteiger partial charge in [0.05, 0.1) is 34.8 Å². The second kappa shape index (κ2) is 16.9. The quantitative estimate of drug-likeness (QED) is 0.143. The highest BCUT2D eigenvalue weighted by molar-refractivity contribution is 7.92. The topological polar surface area (TPSA) is 105 Å². The lowest BCUT2D eigenvalue weighted by Crippen LogP contribution is -2.53. The van der Waals surface area contributed by atoms with E-state index in [1.807, 2.05) is 51.1 Å². The van der Waals surface area contributed by atoms with Crippen molar-refractivity contribution in [1.82, 2.24) is 10.2 Å². The van der Waals surface area contributed by atoms with Crippen LogP contribution in [0.4, 0.5) is 5.69 Å². The van der Waals surface area contributed by atoms with Crippen LogP contribution in [-0.4, -0.2) is 58.5 Å². The summed E-state index contributed by atoms with van der Waals surface area (Å²) >= 11 is 12.6. The van der Waals surface area contributed by atoms with Gasteiger partial charge in [0.25, 0.3) is 10.0 Å². The third-order valence-electron chi connectivity index (χ3n) is 7.84. The lowest BCUT2D eigenvalue weighted by Gasteiger charge is -2.34. The molecule has 260 valence electrons. The zero-order valence-electron chi connectivity index (χ0n) is 28.2. The number of amides is 2. The maximum absolute atomic E-state index is 14.7. The number of anilines is 1. The molecule has 49 heavy (non-hydrogen) atoms. The third kappa shape index (κ3) is 9.68. The normalized spacial score (nSPS) is 11.9. The lowest BCUT2D eigenvalue weighted by atomic mass is 10.0. The molecule has 0 aliphatic heterocycles. The fraction of sp³-hybridized carbons (Fsp3) is 0.297. The number of benzene rings is 4. The number of aryl methyl sites for hydroxylation is 1. The smallest absolute Gasteiger partial charge is 0.264 e. The number of sulfonamides is 1. The van der Waals surface area contributed by atoms with E-state index in [9.17, 15) is 18.0 Å². The Labute approximate surface area is 298 Å². The number of carbonyl (C=O) groups excluding carboxylic acids is 2. The number of halogens is 2. The van der Waals surface area contributed by atoms with Gasteiger partial charge in [-0.05, 0) is 60.4 Å². The molecule has 2 amide bonds. The first-order chi connectivity index (χ1) is 23.3. The Balaban J connectivity index is 1.83. The summed E-state index contributed by atoms with van der Waals surface area (Å²) in [6, 6.07) is 24.4. The molecule has 0 radical (unpaired) electrons. The van der Waals surface area contributed by atoms with E-state index in [1.54, 1.807) is 42.5 Å². The number of carbonyl (C=O) groups is 2. The first kappa shape index (κ1) is 37.6. The monoisotopic (exact) mass is 725 g/mol. The van der Waals surface area contributed by atoms with Crippen molar-refractivity contribution in [3.8, 4) is 11.5 Å². The molecule has 4 aromatic carbocycles. The molecule has 0 saturated heterocycles. The van der Waals surface area contributed by atoms with Gasteiger partial charge in [-0.3, -0.25) is 13.9 Å². The zero-order valence-corrected chi connectivity index (χ0v) is 30.5. The van der Waals surface area contributed by atoms with Crippen molar-refractivity contribution in [2.24, 2.45) is 5.92 Å². The van der Waals surface area contributed by atoms with Gasteiger partial charge in [0.2, 0.25) is 11.8 Å². The molecule has 9 nitrogen and oxygen atoms in total. The highest BCUT2D eigenvalue weighted by Crippen LogP contribution is 2.33. The van der Waals surface area contributed by atoms with Crippen LogP contribution >= 0.6 is 23.2 Å². The molecule has 0 spiro atoms. The van der Waals surface area contributed by atoms with Crippen molar-refractivity contribution < 1.29 is 27.5 Å². The Morgan fingerprint density at radius 2 is 1.49 bits per heavy atom. The number of nitrogens with one attached hydrogen (secondary N) is 1. The molecule has 4 rings (SSSR count). The average molecular weight is 727 g/mol. The van der Waals surface area contributed by atoms with E-state index in [-0.39, 0.29) is 46.1 Å². The van der Waals surface area contributed by atoms with Crippen molar-refractivity contribution in [2.45, 2.75) is 44.7 Å².